The molecular formula is C13H14F3IN2O. The maximum absolute atomic E-state index is 12.9. The van der Waals surface area contributed by atoms with Crippen LogP contribution in [-0.4, -0.2) is 28.2 Å². The van der Waals surface area contributed by atoms with Gasteiger partial charge < -0.3 is 5.32 Å². The molecule has 3 nitrogen and oxygen atoms in total. The van der Waals surface area contributed by atoms with E-state index < -0.39 is 17.6 Å². The second kappa shape index (κ2) is 6.30. The monoisotopic (exact) mass is 398 g/mol. The largest absolute Gasteiger partial charge is 0.417 e. The summed E-state index contributed by atoms with van der Waals surface area (Å²) in [6.45, 7) is 1.65. The lowest BCUT2D eigenvalue weighted by Crippen LogP contribution is -2.42. The van der Waals surface area contributed by atoms with Crippen molar-refractivity contribution in [2.24, 2.45) is 0 Å². The van der Waals surface area contributed by atoms with Crippen LogP contribution in [0.3, 0.4) is 0 Å². The third-order valence-electron chi connectivity index (χ3n) is 3.25. The van der Waals surface area contributed by atoms with Crippen LogP contribution in [0.2, 0.25) is 0 Å². The van der Waals surface area contributed by atoms with Crippen molar-refractivity contribution in [3.05, 3.63) is 35.4 Å². The van der Waals surface area contributed by atoms with Gasteiger partial charge in [0.15, 0.2) is 0 Å². The van der Waals surface area contributed by atoms with Gasteiger partial charge >= 0.3 is 6.18 Å². The summed E-state index contributed by atoms with van der Waals surface area (Å²) in [5, 5.41) is 2.70. The van der Waals surface area contributed by atoms with Gasteiger partial charge in [0.25, 0.3) is 5.91 Å². The Balaban J connectivity index is 2.10. The Labute approximate surface area is 129 Å². The first-order chi connectivity index (χ1) is 9.38. The average molecular weight is 398 g/mol. The molecule has 0 saturated carbocycles. The molecule has 20 heavy (non-hydrogen) atoms. The highest BCUT2D eigenvalue weighted by atomic mass is 127. The second-order valence-electron chi connectivity index (χ2n) is 4.70. The summed E-state index contributed by atoms with van der Waals surface area (Å²) in [5.41, 5.74) is -1.19. The smallest absolute Gasteiger partial charge is 0.349 e. The van der Waals surface area contributed by atoms with Gasteiger partial charge in [0.2, 0.25) is 0 Å². The van der Waals surface area contributed by atoms with E-state index in [9.17, 15) is 18.0 Å². The highest BCUT2D eigenvalue weighted by Crippen LogP contribution is 2.31. The van der Waals surface area contributed by atoms with Crippen LogP contribution in [0.5, 0.6) is 0 Å². The van der Waals surface area contributed by atoms with Crippen LogP contribution in [0.1, 0.15) is 28.8 Å². The molecule has 1 aliphatic rings. The van der Waals surface area contributed by atoms with Gasteiger partial charge in [-0.3, -0.25) is 4.79 Å². The van der Waals surface area contributed by atoms with E-state index in [1.807, 2.05) is 0 Å². The number of amides is 1. The predicted molar refractivity (Wildman–Crippen MR) is 77.5 cm³/mol. The van der Waals surface area contributed by atoms with E-state index in [0.717, 1.165) is 32.0 Å². The molecule has 1 heterocycles. The molecule has 1 aromatic carbocycles. The van der Waals surface area contributed by atoms with Crippen LogP contribution in [0, 0.1) is 0 Å². The lowest BCUT2D eigenvalue weighted by Gasteiger charge is -2.28. The van der Waals surface area contributed by atoms with E-state index >= 15 is 0 Å². The highest BCUT2D eigenvalue weighted by Gasteiger charge is 2.35. The molecule has 0 unspecified atom stereocenters. The number of hydrogen-bond acceptors (Lipinski definition) is 2. The number of nitrogens with one attached hydrogen (secondary N) is 1. The first-order valence-electron chi connectivity index (χ1n) is 6.26. The summed E-state index contributed by atoms with van der Waals surface area (Å²) >= 11 is 2.20. The van der Waals surface area contributed by atoms with E-state index in [1.54, 1.807) is 0 Å². The third kappa shape index (κ3) is 3.85. The number of nitrogens with zero attached hydrogens (tertiary/aromatic N) is 1. The summed E-state index contributed by atoms with van der Waals surface area (Å²) in [6.07, 6.45) is -3.01. The van der Waals surface area contributed by atoms with Gasteiger partial charge in [-0.2, -0.15) is 13.2 Å². The molecule has 0 bridgehead atoms. The van der Waals surface area contributed by atoms with Gasteiger partial charge in [0, 0.05) is 42.0 Å². The lowest BCUT2D eigenvalue weighted by molar-refractivity contribution is -0.137. The molecule has 7 heteroatoms. The zero-order chi connectivity index (χ0) is 14.8. The number of carbonyl (C=O) groups is 1. The maximum Gasteiger partial charge on any atom is 0.417 e. The normalized spacial score (nSPS) is 18.0. The second-order valence-corrected chi connectivity index (χ2v) is 6.07. The molecule has 2 rings (SSSR count). The summed E-state index contributed by atoms with van der Waals surface area (Å²) in [4.78, 5) is 12.0. The Morgan fingerprint density at radius 2 is 1.85 bits per heavy atom. The molecule has 0 aliphatic carbocycles. The van der Waals surface area contributed by atoms with Crippen molar-refractivity contribution < 1.29 is 18.0 Å². The van der Waals surface area contributed by atoms with Crippen molar-refractivity contribution in [1.29, 1.82) is 0 Å². The molecule has 110 valence electrons. The molecule has 1 aromatic rings. The summed E-state index contributed by atoms with van der Waals surface area (Å²) < 4.78 is 40.7. The number of hydrogen-bond donors (Lipinski definition) is 1. The third-order valence-corrected chi connectivity index (χ3v) is 4.22. The van der Waals surface area contributed by atoms with Crippen LogP contribution in [0.4, 0.5) is 13.2 Å². The number of alkyl halides is 3. The van der Waals surface area contributed by atoms with Gasteiger partial charge in [-0.1, -0.05) is 12.1 Å². The zero-order valence-electron chi connectivity index (χ0n) is 10.6. The summed E-state index contributed by atoms with van der Waals surface area (Å²) in [7, 11) is 0. The minimum Gasteiger partial charge on any atom is -0.349 e. The summed E-state index contributed by atoms with van der Waals surface area (Å²) in [5.74, 6) is -0.648. The first-order valence-corrected chi connectivity index (χ1v) is 7.22. The molecule has 1 saturated heterocycles. The topological polar surface area (TPSA) is 32.3 Å². The van der Waals surface area contributed by atoms with Crippen molar-refractivity contribution >= 4 is 28.8 Å². The lowest BCUT2D eigenvalue weighted by atomic mass is 10.0. The van der Waals surface area contributed by atoms with Gasteiger partial charge in [-0.05, 0) is 25.0 Å². The fourth-order valence-electron chi connectivity index (χ4n) is 2.18. The van der Waals surface area contributed by atoms with E-state index in [1.165, 1.54) is 18.2 Å². The molecule has 1 aliphatic heterocycles. The SMILES string of the molecule is O=C(NC1CCN(I)CC1)c1ccccc1C(F)(F)F. The molecular weight excluding hydrogens is 384 g/mol. The van der Waals surface area contributed by atoms with Crippen molar-refractivity contribution in [1.82, 2.24) is 8.43 Å². The predicted octanol–water partition coefficient (Wildman–Crippen LogP) is 3.25. The van der Waals surface area contributed by atoms with Crippen LogP contribution in [0.25, 0.3) is 0 Å². The quantitative estimate of drug-likeness (QED) is 0.613. The number of carbonyl (C=O) groups excluding carboxylic acids is 1. The maximum atomic E-state index is 12.9. The van der Waals surface area contributed by atoms with E-state index in [-0.39, 0.29) is 11.6 Å². The molecule has 1 amide bonds. The van der Waals surface area contributed by atoms with Crippen LogP contribution < -0.4 is 5.32 Å². The summed E-state index contributed by atoms with van der Waals surface area (Å²) in [6, 6.07) is 4.81. The fourth-order valence-corrected chi connectivity index (χ4v) is 2.74. The molecule has 0 spiro atoms. The van der Waals surface area contributed by atoms with Gasteiger partial charge in [-0.15, -0.1) is 0 Å². The molecule has 1 fully saturated rings. The van der Waals surface area contributed by atoms with Crippen molar-refractivity contribution in [2.75, 3.05) is 13.1 Å². The fraction of sp³-hybridized carbons (Fsp3) is 0.462. The van der Waals surface area contributed by atoms with Crippen LogP contribution >= 0.6 is 22.9 Å². The molecule has 0 atom stereocenters. The van der Waals surface area contributed by atoms with Crippen molar-refractivity contribution in [3.8, 4) is 0 Å². The molecule has 0 aromatic heterocycles. The van der Waals surface area contributed by atoms with Crippen LogP contribution in [-0.2, 0) is 6.18 Å². The van der Waals surface area contributed by atoms with E-state index in [4.69, 9.17) is 0 Å². The standard InChI is InChI=1S/C13H14F3IN2O/c14-13(15,16)11-4-2-1-3-10(11)12(20)18-9-5-7-19(17)8-6-9/h1-4,9H,5-8H2,(H,18,20). The highest BCUT2D eigenvalue weighted by molar-refractivity contribution is 14.1. The van der Waals surface area contributed by atoms with E-state index in [0.29, 0.717) is 0 Å². The Morgan fingerprint density at radius 1 is 1.25 bits per heavy atom. The van der Waals surface area contributed by atoms with Gasteiger partial charge in [0.1, 0.15) is 0 Å². The number of piperidine rings is 1. The zero-order valence-corrected chi connectivity index (χ0v) is 12.7. The van der Waals surface area contributed by atoms with Crippen molar-refractivity contribution in [2.45, 2.75) is 25.1 Å². The van der Waals surface area contributed by atoms with Crippen molar-refractivity contribution in [3.63, 3.8) is 0 Å². The Kier molecular flexibility index (Phi) is 4.90. The number of benzene rings is 1. The Bertz CT molecular complexity index is 485. The Morgan fingerprint density at radius 3 is 2.45 bits per heavy atom. The minimum absolute atomic E-state index is 0.0604. The average Bonchev–Trinajstić information content (AvgIpc) is 2.40. The number of halogens is 4. The van der Waals surface area contributed by atoms with Gasteiger partial charge in [0.05, 0.1) is 11.1 Å². The molecule has 0 radical (unpaired) electrons. The van der Waals surface area contributed by atoms with Crippen LogP contribution in [0.15, 0.2) is 24.3 Å². The van der Waals surface area contributed by atoms with Gasteiger partial charge in [-0.25, -0.2) is 3.11 Å². The Hall–Kier alpha value is -0.830. The van der Waals surface area contributed by atoms with E-state index in [2.05, 4.69) is 31.3 Å². The first kappa shape index (κ1) is 15.6. The minimum atomic E-state index is -4.51. The molecule has 1 N–H and O–H groups in total. The number of rotatable bonds is 2.